The molecule has 2 saturated heterocycles. The molecule has 0 radical (unpaired) electrons. The Morgan fingerprint density at radius 3 is 2.81 bits per heavy atom. The lowest BCUT2D eigenvalue weighted by atomic mass is 10.1. The first-order chi connectivity index (χ1) is 10.1. The molecule has 2 aliphatic rings. The van der Waals surface area contributed by atoms with Crippen molar-refractivity contribution in [2.24, 2.45) is 0 Å². The summed E-state index contributed by atoms with van der Waals surface area (Å²) >= 11 is 1.04. The van der Waals surface area contributed by atoms with Gasteiger partial charge in [-0.05, 0) is 25.5 Å². The average molecular weight is 304 g/mol. The summed E-state index contributed by atoms with van der Waals surface area (Å²) in [6.07, 6.45) is 0.662. The van der Waals surface area contributed by atoms with Crippen LogP contribution in [0.25, 0.3) is 0 Å². The van der Waals surface area contributed by atoms with Gasteiger partial charge in [-0.2, -0.15) is 0 Å². The van der Waals surface area contributed by atoms with Crippen molar-refractivity contribution in [2.75, 3.05) is 18.8 Å². The summed E-state index contributed by atoms with van der Waals surface area (Å²) in [6.45, 7) is 2.96. The molecule has 5 nitrogen and oxygen atoms in total. The number of nitrogens with zero attached hydrogens (tertiary/aromatic N) is 2. The van der Waals surface area contributed by atoms with E-state index in [0.29, 0.717) is 25.1 Å². The number of hydrogen-bond acceptors (Lipinski definition) is 4. The Kier molecular flexibility index (Phi) is 3.71. The summed E-state index contributed by atoms with van der Waals surface area (Å²) < 4.78 is 0. The van der Waals surface area contributed by atoms with Crippen LogP contribution in [0.15, 0.2) is 24.3 Å². The molecular weight excluding hydrogens is 288 g/mol. The normalized spacial score (nSPS) is 22.2. The first-order valence-corrected chi connectivity index (χ1v) is 7.89. The highest BCUT2D eigenvalue weighted by atomic mass is 32.2. The molecule has 0 saturated carbocycles. The van der Waals surface area contributed by atoms with Crippen LogP contribution < -0.4 is 0 Å². The van der Waals surface area contributed by atoms with E-state index in [4.69, 9.17) is 0 Å². The molecule has 21 heavy (non-hydrogen) atoms. The zero-order valence-corrected chi connectivity index (χ0v) is 12.6. The minimum absolute atomic E-state index is 0.0343. The van der Waals surface area contributed by atoms with Gasteiger partial charge >= 0.3 is 0 Å². The minimum atomic E-state index is -0.185. The number of benzene rings is 1. The number of imide groups is 1. The Morgan fingerprint density at radius 2 is 2.14 bits per heavy atom. The molecule has 0 aromatic heterocycles. The second-order valence-electron chi connectivity index (χ2n) is 5.38. The molecule has 1 unspecified atom stereocenters. The number of amides is 3. The topological polar surface area (TPSA) is 57.7 Å². The van der Waals surface area contributed by atoms with Crippen molar-refractivity contribution in [2.45, 2.75) is 19.4 Å². The predicted molar refractivity (Wildman–Crippen MR) is 80.2 cm³/mol. The molecule has 2 aliphatic heterocycles. The number of rotatable bonds is 2. The summed E-state index contributed by atoms with van der Waals surface area (Å²) in [7, 11) is 0. The van der Waals surface area contributed by atoms with E-state index in [1.807, 2.05) is 25.1 Å². The highest BCUT2D eigenvalue weighted by Crippen LogP contribution is 2.26. The van der Waals surface area contributed by atoms with Gasteiger partial charge in [-0.25, -0.2) is 0 Å². The minimum Gasteiger partial charge on any atom is -0.336 e. The second-order valence-corrected chi connectivity index (χ2v) is 6.31. The van der Waals surface area contributed by atoms with Crippen molar-refractivity contribution in [3.05, 3.63) is 35.4 Å². The standard InChI is InChI=1S/C15H16N2O3S/c1-10-3-2-4-11(7-10)14(19)16-6-5-12(8-16)17-13(18)9-21-15(17)20/h2-4,7,12H,5-6,8-9H2,1H3. The lowest BCUT2D eigenvalue weighted by molar-refractivity contribution is -0.126. The third kappa shape index (κ3) is 2.68. The molecule has 0 N–H and O–H groups in total. The fourth-order valence-electron chi connectivity index (χ4n) is 2.81. The van der Waals surface area contributed by atoms with E-state index in [0.717, 1.165) is 17.3 Å². The fraction of sp³-hybridized carbons (Fsp3) is 0.400. The maximum absolute atomic E-state index is 12.5. The summed E-state index contributed by atoms with van der Waals surface area (Å²) in [4.78, 5) is 39.0. The van der Waals surface area contributed by atoms with Gasteiger partial charge in [0.1, 0.15) is 0 Å². The van der Waals surface area contributed by atoms with Crippen LogP contribution in [0.5, 0.6) is 0 Å². The quantitative estimate of drug-likeness (QED) is 0.837. The number of likely N-dealkylation sites (tertiary alicyclic amines) is 1. The van der Waals surface area contributed by atoms with Crippen LogP contribution in [-0.4, -0.2) is 51.7 Å². The van der Waals surface area contributed by atoms with Gasteiger partial charge in [0, 0.05) is 18.7 Å². The van der Waals surface area contributed by atoms with Crippen LogP contribution in [-0.2, 0) is 4.79 Å². The van der Waals surface area contributed by atoms with Gasteiger partial charge in [0.15, 0.2) is 0 Å². The Morgan fingerprint density at radius 1 is 1.33 bits per heavy atom. The molecule has 1 atom stereocenters. The Hall–Kier alpha value is -1.82. The Labute approximate surface area is 127 Å². The van der Waals surface area contributed by atoms with Crippen molar-refractivity contribution in [3.63, 3.8) is 0 Å². The summed E-state index contributed by atoms with van der Waals surface area (Å²) in [6, 6.07) is 7.29. The van der Waals surface area contributed by atoms with Crippen molar-refractivity contribution < 1.29 is 14.4 Å². The lowest BCUT2D eigenvalue weighted by Crippen LogP contribution is -2.41. The molecule has 2 fully saturated rings. The first kappa shape index (κ1) is 14.1. The van der Waals surface area contributed by atoms with E-state index in [-0.39, 0.29) is 28.8 Å². The van der Waals surface area contributed by atoms with E-state index < -0.39 is 0 Å². The van der Waals surface area contributed by atoms with E-state index in [1.165, 1.54) is 4.90 Å². The van der Waals surface area contributed by atoms with Crippen molar-refractivity contribution >= 4 is 28.8 Å². The smallest absolute Gasteiger partial charge is 0.289 e. The van der Waals surface area contributed by atoms with Gasteiger partial charge in [0.2, 0.25) is 5.91 Å². The number of hydrogen-bond donors (Lipinski definition) is 0. The molecule has 0 bridgehead atoms. The molecule has 0 spiro atoms. The maximum Gasteiger partial charge on any atom is 0.289 e. The van der Waals surface area contributed by atoms with Crippen molar-refractivity contribution in [1.29, 1.82) is 0 Å². The SMILES string of the molecule is Cc1cccc(C(=O)N2CCC(N3C(=O)CSC3=O)C2)c1. The van der Waals surface area contributed by atoms with E-state index in [9.17, 15) is 14.4 Å². The van der Waals surface area contributed by atoms with Gasteiger partial charge < -0.3 is 4.90 Å². The lowest BCUT2D eigenvalue weighted by Gasteiger charge is -2.22. The number of aryl methyl sites for hydroxylation is 1. The van der Waals surface area contributed by atoms with E-state index >= 15 is 0 Å². The fourth-order valence-corrected chi connectivity index (χ4v) is 3.59. The molecule has 1 aromatic carbocycles. The molecular formula is C15H16N2O3S. The molecule has 1 aromatic rings. The van der Waals surface area contributed by atoms with Crippen LogP contribution in [0.1, 0.15) is 22.3 Å². The highest BCUT2D eigenvalue weighted by Gasteiger charge is 2.40. The van der Waals surface area contributed by atoms with Crippen LogP contribution >= 0.6 is 11.8 Å². The largest absolute Gasteiger partial charge is 0.336 e. The van der Waals surface area contributed by atoms with Crippen LogP contribution in [0.2, 0.25) is 0 Å². The molecule has 6 heteroatoms. The van der Waals surface area contributed by atoms with Gasteiger partial charge in [0.25, 0.3) is 11.1 Å². The number of thioether (sulfide) groups is 1. The summed E-state index contributed by atoms with van der Waals surface area (Å²) in [5, 5.41) is -0.185. The Balaban J connectivity index is 1.71. The van der Waals surface area contributed by atoms with Gasteiger partial charge in [-0.1, -0.05) is 29.5 Å². The monoisotopic (exact) mass is 304 g/mol. The van der Waals surface area contributed by atoms with E-state index in [2.05, 4.69) is 0 Å². The second kappa shape index (κ2) is 5.52. The van der Waals surface area contributed by atoms with Crippen molar-refractivity contribution in [3.8, 4) is 0 Å². The predicted octanol–water partition coefficient (Wildman–Crippen LogP) is 1.90. The third-order valence-corrected chi connectivity index (χ3v) is 4.70. The highest BCUT2D eigenvalue weighted by molar-refractivity contribution is 8.14. The number of carbonyl (C=O) groups excluding carboxylic acids is 3. The molecule has 3 amide bonds. The van der Waals surface area contributed by atoms with Crippen LogP contribution in [0, 0.1) is 6.92 Å². The summed E-state index contributed by atoms with van der Waals surface area (Å²) in [5.74, 6) is 0.0500. The van der Waals surface area contributed by atoms with Gasteiger partial charge in [-0.15, -0.1) is 0 Å². The first-order valence-electron chi connectivity index (χ1n) is 6.91. The molecule has 0 aliphatic carbocycles. The number of carbonyl (C=O) groups is 3. The molecule has 110 valence electrons. The third-order valence-electron chi connectivity index (χ3n) is 3.87. The zero-order valence-electron chi connectivity index (χ0n) is 11.7. The maximum atomic E-state index is 12.5. The molecule has 2 heterocycles. The average Bonchev–Trinajstić information content (AvgIpc) is 3.05. The van der Waals surface area contributed by atoms with Crippen LogP contribution in [0.4, 0.5) is 4.79 Å². The van der Waals surface area contributed by atoms with Gasteiger partial charge in [-0.3, -0.25) is 19.3 Å². The van der Waals surface area contributed by atoms with Crippen LogP contribution in [0.3, 0.4) is 0 Å². The van der Waals surface area contributed by atoms with Gasteiger partial charge in [0.05, 0.1) is 11.8 Å². The van der Waals surface area contributed by atoms with Crippen molar-refractivity contribution in [1.82, 2.24) is 9.80 Å². The zero-order chi connectivity index (χ0) is 15.0. The molecule has 3 rings (SSSR count). The summed E-state index contributed by atoms with van der Waals surface area (Å²) in [5.41, 5.74) is 1.70. The van der Waals surface area contributed by atoms with E-state index in [1.54, 1.807) is 11.0 Å². The Bertz CT molecular complexity index is 601.